The minimum atomic E-state index is -4.17. The number of imide groups is 1. The van der Waals surface area contributed by atoms with Crippen LogP contribution < -0.4 is 14.4 Å². The summed E-state index contributed by atoms with van der Waals surface area (Å²) in [7, 11) is -1.11. The van der Waals surface area contributed by atoms with E-state index in [4.69, 9.17) is 9.47 Å². The van der Waals surface area contributed by atoms with Gasteiger partial charge >= 0.3 is 0 Å². The number of fused-ring (bicyclic) bond motifs is 1. The summed E-state index contributed by atoms with van der Waals surface area (Å²) in [5, 5.41) is 1.65. The van der Waals surface area contributed by atoms with Crippen LogP contribution in [0.25, 0.3) is 10.8 Å². The number of nitrogens with zero attached hydrogens (tertiary/aromatic N) is 2. The number of amides is 2. The molecule has 0 aromatic heterocycles. The molecule has 5 rings (SSSR count). The van der Waals surface area contributed by atoms with Crippen LogP contribution in [-0.4, -0.2) is 51.3 Å². The van der Waals surface area contributed by atoms with Gasteiger partial charge in [0.15, 0.2) is 11.5 Å². The van der Waals surface area contributed by atoms with Crippen LogP contribution in [0.4, 0.5) is 5.69 Å². The highest BCUT2D eigenvalue weighted by Gasteiger charge is 2.46. The van der Waals surface area contributed by atoms with Crippen molar-refractivity contribution in [3.05, 3.63) is 95.0 Å². The molecule has 0 spiro atoms. The number of ether oxygens (including phenoxy) is 2. The molecule has 4 aromatic rings. The molecule has 206 valence electrons. The van der Waals surface area contributed by atoms with Crippen molar-refractivity contribution in [2.75, 3.05) is 25.7 Å². The Kier molecular flexibility index (Phi) is 7.93. The number of hydrogen-bond donors (Lipinski definition) is 0. The fourth-order valence-electron chi connectivity index (χ4n) is 4.88. The molecule has 40 heavy (non-hydrogen) atoms. The number of carbonyl (C=O) groups is 2. The van der Waals surface area contributed by atoms with Gasteiger partial charge in [0.2, 0.25) is 15.9 Å². The molecular formula is C30H27BrN2O6S. The van der Waals surface area contributed by atoms with E-state index in [1.54, 1.807) is 48.5 Å². The van der Waals surface area contributed by atoms with E-state index in [-0.39, 0.29) is 24.3 Å². The summed E-state index contributed by atoms with van der Waals surface area (Å²) in [4.78, 5) is 27.9. The van der Waals surface area contributed by atoms with Crippen LogP contribution in [0.15, 0.2) is 94.3 Å². The molecule has 8 nitrogen and oxygen atoms in total. The maximum atomic E-state index is 14.1. The van der Waals surface area contributed by atoms with Crippen LogP contribution >= 0.6 is 15.9 Å². The molecular weight excluding hydrogens is 596 g/mol. The topological polar surface area (TPSA) is 93.2 Å². The van der Waals surface area contributed by atoms with Crippen molar-refractivity contribution < 1.29 is 27.5 Å². The zero-order valence-electron chi connectivity index (χ0n) is 21.9. The number of anilines is 1. The van der Waals surface area contributed by atoms with Crippen molar-refractivity contribution >= 4 is 54.2 Å². The Morgan fingerprint density at radius 1 is 0.875 bits per heavy atom. The Balaban J connectivity index is 1.52. The van der Waals surface area contributed by atoms with Crippen molar-refractivity contribution in [1.82, 2.24) is 4.31 Å². The van der Waals surface area contributed by atoms with Crippen LogP contribution in [0.3, 0.4) is 0 Å². The van der Waals surface area contributed by atoms with Gasteiger partial charge in [0.05, 0.1) is 31.2 Å². The molecule has 2 amide bonds. The summed E-state index contributed by atoms with van der Waals surface area (Å²) >= 11 is 3.36. The Morgan fingerprint density at radius 2 is 1.57 bits per heavy atom. The predicted octanol–water partition coefficient (Wildman–Crippen LogP) is 5.19. The van der Waals surface area contributed by atoms with Crippen LogP contribution in [0, 0.1) is 0 Å². The first-order valence-corrected chi connectivity index (χ1v) is 14.8. The lowest BCUT2D eigenvalue weighted by atomic mass is 10.1. The summed E-state index contributed by atoms with van der Waals surface area (Å²) in [5.41, 5.74) is 1.18. The number of carbonyl (C=O) groups excluding carboxylic acids is 2. The summed E-state index contributed by atoms with van der Waals surface area (Å²) < 4.78 is 40.9. The second-order valence-corrected chi connectivity index (χ2v) is 12.1. The summed E-state index contributed by atoms with van der Waals surface area (Å²) in [6.07, 6.45) is 0.0249. The van der Waals surface area contributed by atoms with E-state index in [9.17, 15) is 18.0 Å². The lowest BCUT2D eigenvalue weighted by molar-refractivity contribution is -0.122. The lowest BCUT2D eigenvalue weighted by Gasteiger charge is -2.27. The molecule has 1 heterocycles. The highest BCUT2D eigenvalue weighted by Crippen LogP contribution is 2.32. The van der Waals surface area contributed by atoms with Crippen molar-refractivity contribution in [1.29, 1.82) is 0 Å². The SMILES string of the molecule is COc1ccc(CCN(C2CC(=O)N(c3ccc(Br)cc3)C2=O)S(=O)(=O)c2ccc3ccccc3c2)cc1OC. The lowest BCUT2D eigenvalue weighted by Crippen LogP contribution is -2.46. The first-order chi connectivity index (χ1) is 19.2. The minimum absolute atomic E-state index is 0.0253. The smallest absolute Gasteiger partial charge is 0.252 e. The van der Waals surface area contributed by atoms with Gasteiger partial charge in [0.1, 0.15) is 6.04 Å². The largest absolute Gasteiger partial charge is 0.493 e. The van der Waals surface area contributed by atoms with Gasteiger partial charge in [-0.25, -0.2) is 13.3 Å². The number of sulfonamides is 1. The van der Waals surface area contributed by atoms with Gasteiger partial charge in [-0.15, -0.1) is 0 Å². The van der Waals surface area contributed by atoms with Crippen molar-refractivity contribution in [3.63, 3.8) is 0 Å². The monoisotopic (exact) mass is 622 g/mol. The molecule has 1 aliphatic rings. The molecule has 10 heteroatoms. The summed E-state index contributed by atoms with van der Waals surface area (Å²) in [6.45, 7) is -0.0253. The molecule has 1 aliphatic heterocycles. The molecule has 0 aliphatic carbocycles. The number of halogens is 1. The van der Waals surface area contributed by atoms with E-state index in [0.29, 0.717) is 17.2 Å². The Morgan fingerprint density at radius 3 is 2.27 bits per heavy atom. The standard InChI is InChI=1S/C30H27BrN2O6S/c1-38-27-14-7-20(17-28(27)39-2)15-16-32(40(36,37)25-13-8-21-5-3-4-6-22(21)18-25)26-19-29(34)33(30(26)35)24-11-9-23(31)10-12-24/h3-14,17-18,26H,15-16,19H2,1-2H3. The molecule has 1 unspecified atom stereocenters. The maximum absolute atomic E-state index is 14.1. The first kappa shape index (κ1) is 27.8. The Bertz CT molecular complexity index is 1690. The molecule has 4 aromatic carbocycles. The molecule has 0 radical (unpaired) electrons. The predicted molar refractivity (Wildman–Crippen MR) is 156 cm³/mol. The normalized spacial score (nSPS) is 15.7. The molecule has 0 saturated carbocycles. The van der Waals surface area contributed by atoms with E-state index < -0.39 is 27.9 Å². The number of methoxy groups -OCH3 is 2. The van der Waals surface area contributed by atoms with Gasteiger partial charge in [-0.2, -0.15) is 4.31 Å². The quantitative estimate of drug-likeness (QED) is 0.239. The van der Waals surface area contributed by atoms with Crippen molar-refractivity contribution in [2.45, 2.75) is 23.8 Å². The third kappa shape index (κ3) is 5.34. The van der Waals surface area contributed by atoms with Crippen LogP contribution in [0.2, 0.25) is 0 Å². The number of rotatable bonds is 9. The van der Waals surface area contributed by atoms with Gasteiger partial charge in [-0.1, -0.05) is 52.3 Å². The molecule has 0 N–H and O–H groups in total. The minimum Gasteiger partial charge on any atom is -0.493 e. The zero-order valence-corrected chi connectivity index (χ0v) is 24.3. The van der Waals surface area contributed by atoms with E-state index in [0.717, 1.165) is 30.0 Å². The van der Waals surface area contributed by atoms with Crippen LogP contribution in [0.5, 0.6) is 11.5 Å². The molecule has 1 saturated heterocycles. The number of hydrogen-bond acceptors (Lipinski definition) is 6. The van der Waals surface area contributed by atoms with Crippen LogP contribution in [0.1, 0.15) is 12.0 Å². The van der Waals surface area contributed by atoms with Gasteiger partial charge in [-0.3, -0.25) is 9.59 Å². The van der Waals surface area contributed by atoms with Crippen molar-refractivity contribution in [2.24, 2.45) is 0 Å². The first-order valence-electron chi connectivity index (χ1n) is 12.6. The van der Waals surface area contributed by atoms with E-state index >= 15 is 0 Å². The average Bonchev–Trinajstić information content (AvgIpc) is 3.25. The fourth-order valence-corrected chi connectivity index (χ4v) is 6.77. The fraction of sp³-hybridized carbons (Fsp3) is 0.200. The highest BCUT2D eigenvalue weighted by molar-refractivity contribution is 9.10. The highest BCUT2D eigenvalue weighted by atomic mass is 79.9. The third-order valence-corrected chi connectivity index (χ3v) is 9.38. The molecule has 0 bridgehead atoms. The maximum Gasteiger partial charge on any atom is 0.252 e. The average molecular weight is 624 g/mol. The molecule has 1 fully saturated rings. The van der Waals surface area contributed by atoms with E-state index in [2.05, 4.69) is 15.9 Å². The van der Waals surface area contributed by atoms with Gasteiger partial charge in [0, 0.05) is 11.0 Å². The van der Waals surface area contributed by atoms with E-state index in [1.165, 1.54) is 20.3 Å². The summed E-state index contributed by atoms with van der Waals surface area (Å²) in [5.74, 6) is 0.0252. The Labute approximate surface area is 241 Å². The second kappa shape index (κ2) is 11.4. The summed E-state index contributed by atoms with van der Waals surface area (Å²) in [6, 6.07) is 23.2. The Hall–Kier alpha value is -3.73. The van der Waals surface area contributed by atoms with Gasteiger partial charge < -0.3 is 9.47 Å². The number of benzene rings is 4. The van der Waals surface area contributed by atoms with Gasteiger partial charge in [-0.05, 0) is 71.3 Å². The zero-order chi connectivity index (χ0) is 28.4. The second-order valence-electron chi connectivity index (χ2n) is 9.33. The molecule has 1 atom stereocenters. The third-order valence-electron chi connectivity index (χ3n) is 6.95. The van der Waals surface area contributed by atoms with E-state index in [1.807, 2.05) is 30.3 Å². The van der Waals surface area contributed by atoms with Gasteiger partial charge in [0.25, 0.3) is 5.91 Å². The van der Waals surface area contributed by atoms with Crippen LogP contribution in [-0.2, 0) is 26.0 Å². The van der Waals surface area contributed by atoms with Crippen molar-refractivity contribution in [3.8, 4) is 11.5 Å².